The van der Waals surface area contributed by atoms with Crippen molar-refractivity contribution >= 4 is 16.6 Å². The second-order valence-corrected chi connectivity index (χ2v) is 8.92. The van der Waals surface area contributed by atoms with Crippen LogP contribution in [0.15, 0.2) is 82.4 Å². The smallest absolute Gasteiger partial charge is 0.331 e. The minimum absolute atomic E-state index is 0.135. The Hall–Kier alpha value is -4.72. The number of fused-ring (bicyclic) bond motifs is 5. The first-order valence-electron chi connectivity index (χ1n) is 11.5. The van der Waals surface area contributed by atoms with Crippen molar-refractivity contribution in [1.29, 1.82) is 0 Å². The average Bonchev–Trinajstić information content (AvgIpc) is 3.27. The molecule has 1 aliphatic heterocycles. The molecule has 3 heterocycles. The molecule has 36 heavy (non-hydrogen) atoms. The zero-order valence-corrected chi connectivity index (χ0v) is 20.0. The summed E-state index contributed by atoms with van der Waals surface area (Å²) >= 11 is 0. The van der Waals surface area contributed by atoms with E-state index in [9.17, 15) is 14.7 Å². The molecule has 3 aromatic carbocycles. The summed E-state index contributed by atoms with van der Waals surface area (Å²) in [6.45, 7) is 0. The molecule has 2 N–H and O–H groups in total. The average molecular weight is 481 g/mol. The van der Waals surface area contributed by atoms with E-state index in [1.54, 1.807) is 32.4 Å². The number of anilines is 1. The van der Waals surface area contributed by atoms with Crippen LogP contribution < -0.4 is 21.3 Å². The fraction of sp³-hybridized carbons (Fsp3) is 0.143. The number of methoxy groups -OCH3 is 1. The van der Waals surface area contributed by atoms with Crippen molar-refractivity contribution in [3.8, 4) is 28.4 Å². The lowest BCUT2D eigenvalue weighted by Gasteiger charge is -2.31. The number of aromatic hydroxyl groups is 1. The van der Waals surface area contributed by atoms with E-state index in [4.69, 9.17) is 4.74 Å². The van der Waals surface area contributed by atoms with E-state index in [2.05, 4.69) is 9.88 Å². The summed E-state index contributed by atoms with van der Waals surface area (Å²) in [5.41, 5.74) is 4.56. The number of phenolic OH excluding ortho intramolecular Hbond substituents is 1. The number of phenols is 1. The number of para-hydroxylation sites is 2. The molecule has 0 amide bonds. The second-order valence-electron chi connectivity index (χ2n) is 8.92. The van der Waals surface area contributed by atoms with Gasteiger partial charge in [-0.2, -0.15) is 0 Å². The Morgan fingerprint density at radius 3 is 2.39 bits per heavy atom. The molecule has 0 bridgehead atoms. The van der Waals surface area contributed by atoms with Crippen molar-refractivity contribution in [2.45, 2.75) is 6.04 Å². The van der Waals surface area contributed by atoms with Crippen LogP contribution in [0.3, 0.4) is 0 Å². The molecule has 8 heteroatoms. The number of benzene rings is 3. The van der Waals surface area contributed by atoms with Gasteiger partial charge in [0.25, 0.3) is 5.56 Å². The number of hydrogen-bond donors (Lipinski definition) is 2. The van der Waals surface area contributed by atoms with Gasteiger partial charge >= 0.3 is 5.69 Å². The van der Waals surface area contributed by atoms with Crippen molar-refractivity contribution in [1.82, 2.24) is 13.7 Å². The normalized spacial score (nSPS) is 14.2. The highest BCUT2D eigenvalue weighted by molar-refractivity contribution is 5.99. The molecule has 2 aromatic heterocycles. The van der Waals surface area contributed by atoms with E-state index in [0.29, 0.717) is 22.3 Å². The van der Waals surface area contributed by atoms with Crippen molar-refractivity contribution in [2.75, 3.05) is 12.4 Å². The molecule has 1 atom stereocenters. The van der Waals surface area contributed by atoms with Gasteiger partial charge in [0.05, 0.1) is 46.8 Å². The standard InChI is InChI=1S/C28H24N4O4/c1-30-25-22(27(34)31(2)28(30)35)24(16-11-13-19(36-3)14-12-16)32-21-10-5-4-9-20(21)29-23(26(25)32)17-7-6-8-18(33)15-17/h4-15,23,29,33H,1-3H3/t23-/m0/s1. The van der Waals surface area contributed by atoms with Crippen molar-refractivity contribution < 1.29 is 9.84 Å². The van der Waals surface area contributed by atoms with Gasteiger partial charge < -0.3 is 19.7 Å². The summed E-state index contributed by atoms with van der Waals surface area (Å²) in [5.74, 6) is 0.837. The minimum atomic E-state index is -0.431. The highest BCUT2D eigenvalue weighted by Crippen LogP contribution is 2.45. The van der Waals surface area contributed by atoms with Crippen LogP contribution in [0, 0.1) is 0 Å². The summed E-state index contributed by atoms with van der Waals surface area (Å²) in [7, 11) is 4.79. The third-order valence-corrected chi connectivity index (χ3v) is 6.89. The SMILES string of the molecule is COc1ccc(-c2c3c(=O)n(C)c(=O)n(C)c3c3n2-c2ccccc2N[C@H]3c2cccc(O)c2)cc1. The number of nitrogens with zero attached hydrogens (tertiary/aromatic N) is 3. The first-order chi connectivity index (χ1) is 17.4. The summed E-state index contributed by atoms with van der Waals surface area (Å²) in [6.07, 6.45) is 0. The van der Waals surface area contributed by atoms with Gasteiger partial charge in [-0.25, -0.2) is 4.79 Å². The molecule has 8 nitrogen and oxygen atoms in total. The van der Waals surface area contributed by atoms with Gasteiger partial charge in [-0.05, 0) is 59.7 Å². The summed E-state index contributed by atoms with van der Waals surface area (Å²) in [4.78, 5) is 26.8. The van der Waals surface area contributed by atoms with Crippen LogP contribution >= 0.6 is 0 Å². The zero-order valence-electron chi connectivity index (χ0n) is 20.0. The van der Waals surface area contributed by atoms with E-state index in [1.807, 2.05) is 54.6 Å². The molecule has 0 saturated carbocycles. The fourth-order valence-corrected chi connectivity index (χ4v) is 5.19. The van der Waals surface area contributed by atoms with Crippen LogP contribution in [-0.2, 0) is 14.1 Å². The van der Waals surface area contributed by atoms with E-state index in [1.165, 1.54) is 11.6 Å². The summed E-state index contributed by atoms with van der Waals surface area (Å²) in [6, 6.07) is 22.0. The van der Waals surface area contributed by atoms with Crippen LogP contribution in [0.5, 0.6) is 11.5 Å². The summed E-state index contributed by atoms with van der Waals surface area (Å²) < 4.78 is 10.1. The maximum absolute atomic E-state index is 13.7. The van der Waals surface area contributed by atoms with Gasteiger partial charge in [0, 0.05) is 14.1 Å². The predicted octanol–water partition coefficient (Wildman–Crippen LogP) is 3.92. The molecule has 0 spiro atoms. The number of rotatable bonds is 3. The third-order valence-electron chi connectivity index (χ3n) is 6.89. The molecule has 0 aliphatic carbocycles. The Bertz CT molecular complexity index is 1780. The van der Waals surface area contributed by atoms with Gasteiger partial charge in [0.2, 0.25) is 0 Å². The van der Waals surface area contributed by atoms with E-state index in [-0.39, 0.29) is 11.3 Å². The Balaban J connectivity index is 1.84. The molecule has 0 unspecified atom stereocenters. The monoisotopic (exact) mass is 480 g/mol. The Labute approximate surface area is 206 Å². The Kier molecular flexibility index (Phi) is 4.79. The first-order valence-corrected chi connectivity index (χ1v) is 11.5. The molecule has 0 radical (unpaired) electrons. The quantitative estimate of drug-likeness (QED) is 0.409. The maximum Gasteiger partial charge on any atom is 0.331 e. The number of aromatic nitrogens is 3. The number of hydrogen-bond acceptors (Lipinski definition) is 5. The highest BCUT2D eigenvalue weighted by Gasteiger charge is 2.34. The minimum Gasteiger partial charge on any atom is -0.508 e. The van der Waals surface area contributed by atoms with Crippen LogP contribution in [0.2, 0.25) is 0 Å². The molecule has 1 aliphatic rings. The first kappa shape index (κ1) is 21.8. The highest BCUT2D eigenvalue weighted by atomic mass is 16.5. The zero-order chi connectivity index (χ0) is 25.1. The molecule has 180 valence electrons. The molecule has 0 saturated heterocycles. The second kappa shape index (κ2) is 7.91. The Morgan fingerprint density at radius 1 is 0.917 bits per heavy atom. The predicted molar refractivity (Wildman–Crippen MR) is 139 cm³/mol. The van der Waals surface area contributed by atoms with E-state index < -0.39 is 11.7 Å². The van der Waals surface area contributed by atoms with Crippen LogP contribution in [0.1, 0.15) is 17.3 Å². The number of aryl methyl sites for hydroxylation is 1. The lowest BCUT2D eigenvalue weighted by Crippen LogP contribution is -2.37. The van der Waals surface area contributed by atoms with Crippen LogP contribution in [0.4, 0.5) is 5.69 Å². The van der Waals surface area contributed by atoms with Crippen molar-refractivity contribution in [3.63, 3.8) is 0 Å². The Morgan fingerprint density at radius 2 is 1.67 bits per heavy atom. The van der Waals surface area contributed by atoms with Crippen molar-refractivity contribution in [2.24, 2.45) is 14.1 Å². The van der Waals surface area contributed by atoms with Gasteiger partial charge in [0.1, 0.15) is 11.5 Å². The van der Waals surface area contributed by atoms with Gasteiger partial charge in [0.15, 0.2) is 0 Å². The fourth-order valence-electron chi connectivity index (χ4n) is 5.19. The lowest BCUT2D eigenvalue weighted by atomic mass is 9.99. The van der Waals surface area contributed by atoms with Gasteiger partial charge in [-0.3, -0.25) is 13.9 Å². The maximum atomic E-state index is 13.7. The van der Waals surface area contributed by atoms with E-state index in [0.717, 1.165) is 32.8 Å². The molecule has 0 fully saturated rings. The summed E-state index contributed by atoms with van der Waals surface area (Å²) in [5, 5.41) is 14.3. The largest absolute Gasteiger partial charge is 0.508 e. The lowest BCUT2D eigenvalue weighted by molar-refractivity contribution is 0.415. The van der Waals surface area contributed by atoms with Crippen LogP contribution in [0.25, 0.3) is 27.8 Å². The molecular formula is C28H24N4O4. The third kappa shape index (κ3) is 3.00. The van der Waals surface area contributed by atoms with E-state index >= 15 is 0 Å². The topological polar surface area (TPSA) is 90.4 Å². The van der Waals surface area contributed by atoms with Gasteiger partial charge in [-0.15, -0.1) is 0 Å². The molecule has 6 rings (SSSR count). The number of nitrogens with one attached hydrogen (secondary N) is 1. The van der Waals surface area contributed by atoms with Crippen LogP contribution in [-0.4, -0.2) is 25.9 Å². The van der Waals surface area contributed by atoms with Crippen molar-refractivity contribution in [3.05, 3.63) is 105 Å². The molecular weight excluding hydrogens is 456 g/mol. The van der Waals surface area contributed by atoms with Gasteiger partial charge in [-0.1, -0.05) is 24.3 Å². The molecule has 5 aromatic rings. The number of ether oxygens (including phenoxy) is 1.